The van der Waals surface area contributed by atoms with Crippen molar-refractivity contribution in [1.29, 1.82) is 0 Å². The molecule has 1 heterocycles. The molecule has 0 aliphatic carbocycles. The summed E-state index contributed by atoms with van der Waals surface area (Å²) in [6.45, 7) is 0. The van der Waals surface area contributed by atoms with Crippen LogP contribution in [-0.4, -0.2) is 43.4 Å². The summed E-state index contributed by atoms with van der Waals surface area (Å²) in [5.74, 6) is 1.52. The van der Waals surface area contributed by atoms with Crippen molar-refractivity contribution in [1.82, 2.24) is 15.4 Å². The number of nitrogens with zero attached hydrogens (tertiary/aromatic N) is 3. The zero-order chi connectivity index (χ0) is 25.3. The van der Waals surface area contributed by atoms with Crippen molar-refractivity contribution >= 4 is 23.8 Å². The van der Waals surface area contributed by atoms with E-state index in [1.165, 1.54) is 20.4 Å². The second-order valence-corrected chi connectivity index (χ2v) is 7.46. The maximum Gasteiger partial charge on any atom is 0.271 e. The van der Waals surface area contributed by atoms with Gasteiger partial charge in [0.15, 0.2) is 11.5 Å². The van der Waals surface area contributed by atoms with Crippen molar-refractivity contribution in [3.05, 3.63) is 90.1 Å². The monoisotopic (exact) mass is 483 g/mol. The van der Waals surface area contributed by atoms with E-state index in [0.717, 1.165) is 16.9 Å². The molecule has 36 heavy (non-hydrogen) atoms. The predicted octanol–water partition coefficient (Wildman–Crippen LogP) is 4.68. The number of aromatic nitrogens is 2. The first-order valence-corrected chi connectivity index (χ1v) is 11.0. The molecule has 1 aromatic heterocycles. The van der Waals surface area contributed by atoms with E-state index in [1.54, 1.807) is 49.7 Å². The Morgan fingerprint density at radius 3 is 2.31 bits per heavy atom. The van der Waals surface area contributed by atoms with E-state index in [4.69, 9.17) is 14.2 Å². The van der Waals surface area contributed by atoms with Crippen molar-refractivity contribution in [2.75, 3.05) is 26.6 Å². The molecule has 1 amide bonds. The second kappa shape index (κ2) is 11.5. The fourth-order valence-electron chi connectivity index (χ4n) is 3.47. The standard InChI is InChI=1S/C27H25N5O4/c1-34-23-14-11-20(24(35-2)25(23)36-3)17-29-32-26(33)19-9-12-21(13-10-19)30-27-28-16-15-22(31-27)18-7-5-4-6-8-18/h4-17H,1-3H3,(H,32,33)(H,28,30,31)/b29-17+. The van der Waals surface area contributed by atoms with E-state index in [1.807, 2.05) is 36.4 Å². The molecule has 3 aromatic carbocycles. The lowest BCUT2D eigenvalue weighted by Crippen LogP contribution is -2.17. The van der Waals surface area contributed by atoms with Crippen LogP contribution in [0.4, 0.5) is 11.6 Å². The fourth-order valence-corrected chi connectivity index (χ4v) is 3.47. The highest BCUT2D eigenvalue weighted by molar-refractivity contribution is 5.95. The third-order valence-electron chi connectivity index (χ3n) is 5.23. The molecule has 9 nitrogen and oxygen atoms in total. The highest BCUT2D eigenvalue weighted by atomic mass is 16.5. The van der Waals surface area contributed by atoms with E-state index in [-0.39, 0.29) is 5.91 Å². The number of rotatable bonds is 9. The Balaban J connectivity index is 1.40. The lowest BCUT2D eigenvalue weighted by Gasteiger charge is -2.13. The maximum absolute atomic E-state index is 12.5. The van der Waals surface area contributed by atoms with Crippen LogP contribution in [-0.2, 0) is 0 Å². The first kappa shape index (κ1) is 24.2. The molecular formula is C27H25N5O4. The summed E-state index contributed by atoms with van der Waals surface area (Å²) in [6, 6.07) is 22.1. The van der Waals surface area contributed by atoms with Crippen LogP contribution in [0.3, 0.4) is 0 Å². The smallest absolute Gasteiger partial charge is 0.271 e. The Morgan fingerprint density at radius 2 is 1.61 bits per heavy atom. The molecule has 0 fully saturated rings. The molecule has 0 bridgehead atoms. The average molecular weight is 484 g/mol. The molecule has 0 atom stereocenters. The van der Waals surface area contributed by atoms with E-state index in [9.17, 15) is 4.79 Å². The number of anilines is 2. The number of benzene rings is 3. The molecular weight excluding hydrogens is 458 g/mol. The van der Waals surface area contributed by atoms with Gasteiger partial charge in [0.2, 0.25) is 11.7 Å². The minimum absolute atomic E-state index is 0.362. The number of carbonyl (C=O) groups is 1. The first-order chi connectivity index (χ1) is 17.6. The lowest BCUT2D eigenvalue weighted by molar-refractivity contribution is 0.0955. The van der Waals surface area contributed by atoms with E-state index in [2.05, 4.69) is 25.8 Å². The normalized spacial score (nSPS) is 10.6. The number of hydrogen-bond acceptors (Lipinski definition) is 8. The molecule has 4 aromatic rings. The second-order valence-electron chi connectivity index (χ2n) is 7.46. The molecule has 9 heteroatoms. The quantitative estimate of drug-likeness (QED) is 0.263. The summed E-state index contributed by atoms with van der Waals surface area (Å²) < 4.78 is 16.1. The van der Waals surface area contributed by atoms with Gasteiger partial charge in [0.05, 0.1) is 33.2 Å². The lowest BCUT2D eigenvalue weighted by atomic mass is 10.1. The molecule has 0 spiro atoms. The van der Waals surface area contributed by atoms with Gasteiger partial charge in [-0.25, -0.2) is 15.4 Å². The Labute approximate surface area is 208 Å². The van der Waals surface area contributed by atoms with Crippen LogP contribution < -0.4 is 25.0 Å². The first-order valence-electron chi connectivity index (χ1n) is 11.0. The minimum Gasteiger partial charge on any atom is -0.493 e. The van der Waals surface area contributed by atoms with Crippen molar-refractivity contribution in [2.24, 2.45) is 5.10 Å². The minimum atomic E-state index is -0.362. The number of hydrogen-bond donors (Lipinski definition) is 2. The van der Waals surface area contributed by atoms with Gasteiger partial charge in [-0.15, -0.1) is 0 Å². The van der Waals surface area contributed by atoms with Gasteiger partial charge in [0.25, 0.3) is 5.91 Å². The zero-order valence-corrected chi connectivity index (χ0v) is 20.1. The molecule has 0 aliphatic heterocycles. The van der Waals surface area contributed by atoms with Crippen LogP contribution in [0.5, 0.6) is 17.2 Å². The van der Waals surface area contributed by atoms with Gasteiger partial charge < -0.3 is 19.5 Å². The van der Waals surface area contributed by atoms with Crippen LogP contribution in [0.15, 0.2) is 84.1 Å². The van der Waals surface area contributed by atoms with Crippen molar-refractivity contribution in [3.63, 3.8) is 0 Å². The predicted molar refractivity (Wildman–Crippen MR) is 138 cm³/mol. The van der Waals surface area contributed by atoms with Gasteiger partial charge in [0, 0.05) is 28.6 Å². The van der Waals surface area contributed by atoms with Crippen LogP contribution >= 0.6 is 0 Å². The highest BCUT2D eigenvalue weighted by Gasteiger charge is 2.14. The summed E-state index contributed by atoms with van der Waals surface area (Å²) in [4.78, 5) is 21.4. The molecule has 0 saturated carbocycles. The highest BCUT2D eigenvalue weighted by Crippen LogP contribution is 2.39. The number of ether oxygens (including phenoxy) is 3. The average Bonchev–Trinajstić information content (AvgIpc) is 2.93. The molecule has 0 aliphatic rings. The van der Waals surface area contributed by atoms with Gasteiger partial charge in [-0.3, -0.25) is 4.79 Å². The maximum atomic E-state index is 12.5. The Hall–Kier alpha value is -4.92. The third-order valence-corrected chi connectivity index (χ3v) is 5.23. The summed E-state index contributed by atoms with van der Waals surface area (Å²) >= 11 is 0. The summed E-state index contributed by atoms with van der Waals surface area (Å²) in [5.41, 5.74) is 6.14. The van der Waals surface area contributed by atoms with Gasteiger partial charge in [-0.05, 0) is 42.5 Å². The zero-order valence-electron chi connectivity index (χ0n) is 20.1. The number of carbonyl (C=O) groups excluding carboxylic acids is 1. The Kier molecular flexibility index (Phi) is 7.72. The molecule has 2 N–H and O–H groups in total. The van der Waals surface area contributed by atoms with Gasteiger partial charge >= 0.3 is 0 Å². The summed E-state index contributed by atoms with van der Waals surface area (Å²) in [7, 11) is 4.58. The number of nitrogens with one attached hydrogen (secondary N) is 2. The van der Waals surface area contributed by atoms with Crippen LogP contribution in [0.2, 0.25) is 0 Å². The van der Waals surface area contributed by atoms with E-state index < -0.39 is 0 Å². The third kappa shape index (κ3) is 5.58. The Morgan fingerprint density at radius 1 is 0.861 bits per heavy atom. The molecule has 0 radical (unpaired) electrons. The molecule has 0 unspecified atom stereocenters. The largest absolute Gasteiger partial charge is 0.493 e. The van der Waals surface area contributed by atoms with Crippen LogP contribution in [0, 0.1) is 0 Å². The molecule has 4 rings (SSSR count). The van der Waals surface area contributed by atoms with E-state index >= 15 is 0 Å². The van der Waals surface area contributed by atoms with Gasteiger partial charge in [-0.2, -0.15) is 5.10 Å². The van der Waals surface area contributed by atoms with Crippen molar-refractivity contribution < 1.29 is 19.0 Å². The molecule has 0 saturated heterocycles. The summed E-state index contributed by atoms with van der Waals surface area (Å²) in [6.07, 6.45) is 3.18. The number of amides is 1. The SMILES string of the molecule is COc1ccc(/C=N/NC(=O)c2ccc(Nc3nccc(-c4ccccc4)n3)cc2)c(OC)c1OC. The topological polar surface area (TPSA) is 107 Å². The van der Waals surface area contributed by atoms with Crippen molar-refractivity contribution in [3.8, 4) is 28.5 Å². The van der Waals surface area contributed by atoms with Crippen LogP contribution in [0.25, 0.3) is 11.3 Å². The number of methoxy groups -OCH3 is 3. The van der Waals surface area contributed by atoms with Gasteiger partial charge in [-0.1, -0.05) is 30.3 Å². The van der Waals surface area contributed by atoms with Crippen LogP contribution in [0.1, 0.15) is 15.9 Å². The Bertz CT molecular complexity index is 1360. The summed E-state index contributed by atoms with van der Waals surface area (Å²) in [5, 5.41) is 7.21. The van der Waals surface area contributed by atoms with Crippen molar-refractivity contribution in [2.45, 2.75) is 0 Å². The number of hydrazone groups is 1. The van der Waals surface area contributed by atoms with E-state index in [0.29, 0.717) is 34.3 Å². The van der Waals surface area contributed by atoms with Gasteiger partial charge in [0.1, 0.15) is 0 Å². The fraction of sp³-hybridized carbons (Fsp3) is 0.111. The molecule has 182 valence electrons.